The second-order valence-electron chi connectivity index (χ2n) is 7.61. The fourth-order valence-corrected chi connectivity index (χ4v) is 3.55. The topological polar surface area (TPSA) is 75.4 Å². The number of anilines is 1. The third-order valence-electron chi connectivity index (χ3n) is 5.24. The van der Waals surface area contributed by atoms with E-state index in [1.807, 2.05) is 36.1 Å². The number of hydrogen-bond acceptors (Lipinski definition) is 4. The van der Waals surface area contributed by atoms with E-state index in [2.05, 4.69) is 10.3 Å². The Kier molecular flexibility index (Phi) is 5.93. The molecule has 1 N–H and O–H groups in total. The Morgan fingerprint density at radius 3 is 2.63 bits per heavy atom. The number of aromatic nitrogens is 1. The molecule has 0 unspecified atom stereocenters. The number of nitrogens with one attached hydrogen (secondary N) is 1. The molecule has 2 heterocycles. The van der Waals surface area contributed by atoms with E-state index in [1.54, 1.807) is 30.5 Å². The molecule has 6 heteroatoms. The second-order valence-corrected chi connectivity index (χ2v) is 7.61. The van der Waals surface area contributed by atoms with E-state index in [0.717, 1.165) is 31.5 Å². The first-order valence-electron chi connectivity index (χ1n) is 10.3. The Bertz CT molecular complexity index is 1030. The van der Waals surface area contributed by atoms with Crippen LogP contribution in [0.25, 0.3) is 11.3 Å². The third kappa shape index (κ3) is 4.76. The molecule has 1 aliphatic rings. The summed E-state index contributed by atoms with van der Waals surface area (Å²) < 4.78 is 5.78. The van der Waals surface area contributed by atoms with Crippen molar-refractivity contribution < 1.29 is 14.0 Å². The number of rotatable bonds is 6. The quantitative estimate of drug-likeness (QED) is 0.659. The minimum Gasteiger partial charge on any atom is -0.441 e. The Morgan fingerprint density at radius 2 is 1.87 bits per heavy atom. The van der Waals surface area contributed by atoms with Gasteiger partial charge in [0.05, 0.1) is 6.20 Å². The fraction of sp³-hybridized carbons (Fsp3) is 0.292. The molecule has 1 aromatic heterocycles. The van der Waals surface area contributed by atoms with Crippen LogP contribution >= 0.6 is 0 Å². The third-order valence-corrected chi connectivity index (χ3v) is 5.24. The molecule has 30 heavy (non-hydrogen) atoms. The van der Waals surface area contributed by atoms with Gasteiger partial charge in [-0.3, -0.25) is 9.59 Å². The van der Waals surface area contributed by atoms with Crippen LogP contribution in [0.1, 0.15) is 41.1 Å². The highest BCUT2D eigenvalue weighted by Crippen LogP contribution is 2.21. The molecule has 1 aliphatic heterocycles. The maximum atomic E-state index is 12.5. The van der Waals surface area contributed by atoms with Gasteiger partial charge in [-0.15, -0.1) is 0 Å². The molecule has 0 atom stereocenters. The van der Waals surface area contributed by atoms with Gasteiger partial charge in [0, 0.05) is 42.7 Å². The van der Waals surface area contributed by atoms with Crippen LogP contribution in [0, 0.1) is 6.92 Å². The number of nitrogens with zero attached hydrogens (tertiary/aromatic N) is 2. The molecule has 0 saturated carbocycles. The van der Waals surface area contributed by atoms with Crippen LogP contribution in [0.3, 0.4) is 0 Å². The summed E-state index contributed by atoms with van der Waals surface area (Å²) in [7, 11) is 0. The molecular weight excluding hydrogens is 378 g/mol. The summed E-state index contributed by atoms with van der Waals surface area (Å²) in [4.78, 5) is 31.0. The summed E-state index contributed by atoms with van der Waals surface area (Å²) >= 11 is 0. The smallest absolute Gasteiger partial charge is 0.253 e. The molecule has 3 aromatic rings. The number of carbonyl (C=O) groups is 2. The molecule has 0 radical (unpaired) electrons. The number of aryl methyl sites for hydroxylation is 2. The summed E-state index contributed by atoms with van der Waals surface area (Å²) in [5, 5.41) is 2.86. The summed E-state index contributed by atoms with van der Waals surface area (Å²) in [6.07, 6.45) is 4.44. The summed E-state index contributed by atoms with van der Waals surface area (Å²) in [6, 6.07) is 15.1. The molecule has 4 rings (SSSR count). The van der Waals surface area contributed by atoms with Gasteiger partial charge in [0.1, 0.15) is 0 Å². The van der Waals surface area contributed by atoms with Crippen LogP contribution < -0.4 is 5.32 Å². The zero-order chi connectivity index (χ0) is 20.9. The van der Waals surface area contributed by atoms with Gasteiger partial charge in [-0.1, -0.05) is 35.9 Å². The summed E-state index contributed by atoms with van der Waals surface area (Å²) in [6.45, 7) is 3.64. The van der Waals surface area contributed by atoms with Crippen molar-refractivity contribution in [3.8, 4) is 11.3 Å². The van der Waals surface area contributed by atoms with Crippen molar-refractivity contribution in [1.29, 1.82) is 0 Å². The van der Waals surface area contributed by atoms with Crippen molar-refractivity contribution in [3.05, 3.63) is 71.7 Å². The van der Waals surface area contributed by atoms with Gasteiger partial charge in [-0.2, -0.15) is 0 Å². The van der Waals surface area contributed by atoms with E-state index < -0.39 is 0 Å². The first-order chi connectivity index (χ1) is 14.6. The summed E-state index contributed by atoms with van der Waals surface area (Å²) in [5.74, 6) is 1.10. The van der Waals surface area contributed by atoms with Gasteiger partial charge in [-0.25, -0.2) is 4.98 Å². The molecule has 2 amide bonds. The molecule has 1 fully saturated rings. The highest BCUT2D eigenvalue weighted by molar-refractivity contribution is 5.97. The lowest BCUT2D eigenvalue weighted by molar-refractivity contribution is -0.116. The van der Waals surface area contributed by atoms with E-state index in [0.29, 0.717) is 29.3 Å². The Morgan fingerprint density at radius 1 is 1.10 bits per heavy atom. The second kappa shape index (κ2) is 8.95. The highest BCUT2D eigenvalue weighted by atomic mass is 16.4. The largest absolute Gasteiger partial charge is 0.441 e. The highest BCUT2D eigenvalue weighted by Gasteiger charge is 2.19. The van der Waals surface area contributed by atoms with Crippen molar-refractivity contribution in [1.82, 2.24) is 9.88 Å². The number of amides is 2. The van der Waals surface area contributed by atoms with Crippen molar-refractivity contribution in [3.63, 3.8) is 0 Å². The molecule has 0 bridgehead atoms. The van der Waals surface area contributed by atoms with Crippen LogP contribution in [0.4, 0.5) is 5.69 Å². The maximum absolute atomic E-state index is 12.5. The molecular formula is C24H25N3O3. The zero-order valence-corrected chi connectivity index (χ0v) is 17.1. The van der Waals surface area contributed by atoms with Crippen molar-refractivity contribution in [2.45, 2.75) is 32.6 Å². The Hall–Kier alpha value is -3.41. The molecule has 1 saturated heterocycles. The molecule has 6 nitrogen and oxygen atoms in total. The van der Waals surface area contributed by atoms with E-state index in [1.165, 1.54) is 5.56 Å². The first-order valence-corrected chi connectivity index (χ1v) is 10.3. The van der Waals surface area contributed by atoms with Crippen LogP contribution in [0.5, 0.6) is 0 Å². The number of oxazole rings is 1. The Labute approximate surface area is 175 Å². The average molecular weight is 403 g/mol. The SMILES string of the molecule is Cc1ccc(-c2cnc(CCC(=O)Nc3cccc(C(=O)N4CCCC4)c3)o2)cc1. The lowest BCUT2D eigenvalue weighted by atomic mass is 10.1. The average Bonchev–Trinajstić information content (AvgIpc) is 3.45. The summed E-state index contributed by atoms with van der Waals surface area (Å²) in [5.41, 5.74) is 3.37. The van der Waals surface area contributed by atoms with Gasteiger partial charge in [-0.05, 0) is 38.0 Å². The predicted octanol–water partition coefficient (Wildman–Crippen LogP) is 4.46. The standard InChI is InChI=1S/C24H25N3O3/c1-17-7-9-18(10-8-17)21-16-25-23(30-21)12-11-22(28)26-20-6-4-5-19(15-20)24(29)27-13-2-3-14-27/h4-10,15-16H,2-3,11-14H2,1H3,(H,26,28). The predicted molar refractivity (Wildman–Crippen MR) is 115 cm³/mol. The van der Waals surface area contributed by atoms with Gasteiger partial charge in [0.25, 0.3) is 5.91 Å². The zero-order valence-electron chi connectivity index (χ0n) is 17.1. The number of benzene rings is 2. The van der Waals surface area contributed by atoms with Gasteiger partial charge in [0.15, 0.2) is 11.7 Å². The van der Waals surface area contributed by atoms with Crippen LogP contribution in [0.15, 0.2) is 59.1 Å². The molecule has 154 valence electrons. The van der Waals surface area contributed by atoms with E-state index >= 15 is 0 Å². The Balaban J connectivity index is 1.32. The number of hydrogen-bond donors (Lipinski definition) is 1. The van der Waals surface area contributed by atoms with Gasteiger partial charge < -0.3 is 14.6 Å². The van der Waals surface area contributed by atoms with Crippen LogP contribution in [0.2, 0.25) is 0 Å². The first kappa shape index (κ1) is 19.9. The number of carbonyl (C=O) groups excluding carboxylic acids is 2. The monoisotopic (exact) mass is 403 g/mol. The lowest BCUT2D eigenvalue weighted by Crippen LogP contribution is -2.27. The van der Waals surface area contributed by atoms with Gasteiger partial charge in [0.2, 0.25) is 5.91 Å². The van der Waals surface area contributed by atoms with E-state index in [4.69, 9.17) is 4.42 Å². The van der Waals surface area contributed by atoms with Crippen LogP contribution in [-0.2, 0) is 11.2 Å². The van der Waals surface area contributed by atoms with E-state index in [-0.39, 0.29) is 18.2 Å². The minimum atomic E-state index is -0.143. The fourth-order valence-electron chi connectivity index (χ4n) is 3.55. The lowest BCUT2D eigenvalue weighted by Gasteiger charge is -2.15. The van der Waals surface area contributed by atoms with Crippen LogP contribution in [-0.4, -0.2) is 34.8 Å². The minimum absolute atomic E-state index is 0.0204. The molecule has 2 aromatic carbocycles. The molecule has 0 aliphatic carbocycles. The molecule has 0 spiro atoms. The van der Waals surface area contributed by atoms with Crippen molar-refractivity contribution in [2.24, 2.45) is 0 Å². The van der Waals surface area contributed by atoms with Crippen molar-refractivity contribution in [2.75, 3.05) is 18.4 Å². The van der Waals surface area contributed by atoms with Crippen molar-refractivity contribution >= 4 is 17.5 Å². The normalized spacial score (nSPS) is 13.4. The maximum Gasteiger partial charge on any atom is 0.253 e. The number of likely N-dealkylation sites (tertiary alicyclic amines) is 1. The van der Waals surface area contributed by atoms with Gasteiger partial charge >= 0.3 is 0 Å². The van der Waals surface area contributed by atoms with E-state index in [9.17, 15) is 9.59 Å².